The number of nitrogens with one attached hydrogen (secondary N) is 3. The summed E-state index contributed by atoms with van der Waals surface area (Å²) in [6.45, 7) is 10.1. The Bertz CT molecular complexity index is 1780. The molecule has 5 aromatic rings. The molecule has 1 atom stereocenters. The maximum absolute atomic E-state index is 14.0. The average molecular weight is 617 g/mol. The Labute approximate surface area is 269 Å². The van der Waals surface area contributed by atoms with Gasteiger partial charge in [-0.15, -0.1) is 0 Å². The third kappa shape index (κ3) is 6.94. The van der Waals surface area contributed by atoms with E-state index in [0.29, 0.717) is 22.8 Å². The number of amides is 2. The summed E-state index contributed by atoms with van der Waals surface area (Å²) in [5.41, 5.74) is 5.79. The molecule has 3 heterocycles. The number of ketones is 1. The lowest BCUT2D eigenvalue weighted by Crippen LogP contribution is -2.33. The second-order valence-electron chi connectivity index (χ2n) is 13.0. The lowest BCUT2D eigenvalue weighted by Gasteiger charge is -2.30. The summed E-state index contributed by atoms with van der Waals surface area (Å²) in [7, 11) is 0. The molecular formula is C37H40N6O3. The van der Waals surface area contributed by atoms with Crippen LogP contribution in [0.1, 0.15) is 66.7 Å². The van der Waals surface area contributed by atoms with Gasteiger partial charge in [0.1, 0.15) is 5.82 Å². The Kier molecular flexibility index (Phi) is 8.85. The van der Waals surface area contributed by atoms with Gasteiger partial charge in [0.2, 0.25) is 0 Å². The molecule has 6 rings (SSSR count). The Balaban J connectivity index is 1.20. The van der Waals surface area contributed by atoms with E-state index >= 15 is 0 Å². The van der Waals surface area contributed by atoms with Gasteiger partial charge < -0.3 is 15.1 Å². The molecule has 1 fully saturated rings. The fourth-order valence-corrected chi connectivity index (χ4v) is 5.92. The minimum Gasteiger partial charge on any atom is -0.444 e. The van der Waals surface area contributed by atoms with E-state index < -0.39 is 0 Å². The Morgan fingerprint density at radius 2 is 1.63 bits per heavy atom. The highest BCUT2D eigenvalue weighted by molar-refractivity contribution is 6.02. The molecule has 9 nitrogen and oxygen atoms in total. The monoisotopic (exact) mass is 616 g/mol. The van der Waals surface area contributed by atoms with Gasteiger partial charge in [0.05, 0.1) is 23.5 Å². The van der Waals surface area contributed by atoms with Crippen molar-refractivity contribution in [1.29, 1.82) is 0 Å². The maximum Gasteiger partial charge on any atom is 0.324 e. The number of Topliss-reactive ketones (excluding diaryl/α,β-unsaturated/α-hetero) is 1. The average Bonchev–Trinajstić information content (AvgIpc) is 3.74. The van der Waals surface area contributed by atoms with E-state index in [1.54, 1.807) is 10.9 Å². The smallest absolute Gasteiger partial charge is 0.324 e. The fourth-order valence-electron chi connectivity index (χ4n) is 5.92. The Morgan fingerprint density at radius 3 is 2.26 bits per heavy atom. The van der Waals surface area contributed by atoms with E-state index in [2.05, 4.69) is 41.7 Å². The summed E-state index contributed by atoms with van der Waals surface area (Å²) in [6.07, 6.45) is 4.89. The third-order valence-corrected chi connectivity index (χ3v) is 8.55. The van der Waals surface area contributed by atoms with Crippen molar-refractivity contribution in [3.63, 3.8) is 0 Å². The number of hydrogen-bond donors (Lipinski definition) is 3. The number of nitrogens with zero attached hydrogens (tertiary/aromatic N) is 3. The predicted octanol–water partition coefficient (Wildman–Crippen LogP) is 7.74. The van der Waals surface area contributed by atoms with Crippen molar-refractivity contribution < 1.29 is 14.0 Å². The largest absolute Gasteiger partial charge is 0.444 e. The first-order valence-corrected chi connectivity index (χ1v) is 15.7. The summed E-state index contributed by atoms with van der Waals surface area (Å²) in [6, 6.07) is 24.7. The van der Waals surface area contributed by atoms with Crippen LogP contribution in [0.3, 0.4) is 0 Å². The van der Waals surface area contributed by atoms with Gasteiger partial charge in [0.25, 0.3) is 0 Å². The number of carbonyl (C=O) groups excluding carboxylic acids is 2. The first-order valence-electron chi connectivity index (χ1n) is 15.7. The second-order valence-corrected chi connectivity index (χ2v) is 13.0. The Hall–Kier alpha value is -5.02. The van der Waals surface area contributed by atoms with Gasteiger partial charge in [-0.3, -0.25) is 10.1 Å². The summed E-state index contributed by atoms with van der Waals surface area (Å²) < 4.78 is 7.17. The number of rotatable bonds is 8. The molecule has 0 aliphatic carbocycles. The SMILES string of the molecule is Cc1ccc(-n2nc(C(C)(C)C)cc2NC(=O)Nc2ccc(C(C(=O)c3ccc(-c4cnco4)cc3)C3CCNCC3)cc2)cc1. The van der Waals surface area contributed by atoms with Crippen LogP contribution >= 0.6 is 0 Å². The summed E-state index contributed by atoms with van der Waals surface area (Å²) >= 11 is 0. The number of aromatic nitrogens is 3. The zero-order chi connectivity index (χ0) is 32.3. The second kappa shape index (κ2) is 13.1. The normalized spacial score (nSPS) is 14.5. The molecule has 1 unspecified atom stereocenters. The number of aryl methyl sites for hydroxylation is 1. The van der Waals surface area contributed by atoms with Crippen LogP contribution in [0, 0.1) is 12.8 Å². The van der Waals surface area contributed by atoms with E-state index in [0.717, 1.165) is 54.0 Å². The molecule has 0 bridgehead atoms. The van der Waals surface area contributed by atoms with Crippen molar-refractivity contribution in [1.82, 2.24) is 20.1 Å². The van der Waals surface area contributed by atoms with Crippen LogP contribution in [0.25, 0.3) is 17.0 Å². The van der Waals surface area contributed by atoms with E-state index in [-0.39, 0.29) is 29.1 Å². The van der Waals surface area contributed by atoms with Gasteiger partial charge in [-0.2, -0.15) is 5.10 Å². The number of hydrogen-bond acceptors (Lipinski definition) is 6. The Morgan fingerprint density at radius 1 is 0.935 bits per heavy atom. The number of carbonyl (C=O) groups is 2. The van der Waals surface area contributed by atoms with E-state index in [1.165, 1.54) is 6.39 Å². The minimum absolute atomic E-state index is 0.0912. The predicted molar refractivity (Wildman–Crippen MR) is 181 cm³/mol. The van der Waals surface area contributed by atoms with Gasteiger partial charge in [0.15, 0.2) is 17.9 Å². The van der Waals surface area contributed by atoms with Crippen molar-refractivity contribution in [3.8, 4) is 17.0 Å². The van der Waals surface area contributed by atoms with E-state index in [1.807, 2.05) is 85.8 Å². The van der Waals surface area contributed by atoms with Gasteiger partial charge >= 0.3 is 6.03 Å². The van der Waals surface area contributed by atoms with Crippen LogP contribution in [0.4, 0.5) is 16.3 Å². The molecule has 0 spiro atoms. The molecule has 1 aliphatic rings. The summed E-state index contributed by atoms with van der Waals surface area (Å²) in [4.78, 5) is 31.2. The van der Waals surface area contributed by atoms with Gasteiger partial charge in [-0.1, -0.05) is 74.9 Å². The number of anilines is 2. The molecular weight excluding hydrogens is 576 g/mol. The zero-order valence-electron chi connectivity index (χ0n) is 26.7. The fraction of sp³-hybridized carbons (Fsp3) is 0.297. The molecule has 9 heteroatoms. The van der Waals surface area contributed by atoms with Crippen molar-refractivity contribution >= 4 is 23.3 Å². The standard InChI is InChI=1S/C37H40N6O3/c1-24-5-15-30(16-6-24)43-33(21-32(42-43)37(2,3)4)41-36(45)40-29-13-11-26(12-14-29)34(27-17-19-38-20-18-27)35(44)28-9-7-25(8-10-28)31-22-39-23-46-31/h5-16,21-23,27,34,38H,17-20H2,1-4H3,(H2,40,41,45). The summed E-state index contributed by atoms with van der Waals surface area (Å²) in [5.74, 6) is 1.25. The first kappa shape index (κ1) is 31.0. The van der Waals surface area contributed by atoms with E-state index in [9.17, 15) is 9.59 Å². The molecule has 2 amide bonds. The van der Waals surface area contributed by atoms with Crippen molar-refractivity contribution in [2.75, 3.05) is 23.7 Å². The topological polar surface area (TPSA) is 114 Å². The number of oxazole rings is 1. The lowest BCUT2D eigenvalue weighted by molar-refractivity contribution is 0.0916. The zero-order valence-corrected chi connectivity index (χ0v) is 26.7. The van der Waals surface area contributed by atoms with Gasteiger partial charge in [0, 0.05) is 28.3 Å². The molecule has 0 radical (unpaired) electrons. The molecule has 1 saturated heterocycles. The molecule has 1 aliphatic heterocycles. The molecule has 3 N–H and O–H groups in total. The number of benzene rings is 3. The molecule has 3 aromatic carbocycles. The highest BCUT2D eigenvalue weighted by Crippen LogP contribution is 2.35. The van der Waals surface area contributed by atoms with Crippen LogP contribution in [-0.4, -0.2) is 39.7 Å². The highest BCUT2D eigenvalue weighted by Gasteiger charge is 2.32. The van der Waals surface area contributed by atoms with Crippen LogP contribution in [0.2, 0.25) is 0 Å². The number of urea groups is 1. The number of piperidine rings is 1. The van der Waals surface area contributed by atoms with Crippen molar-refractivity contribution in [3.05, 3.63) is 114 Å². The molecule has 2 aromatic heterocycles. The van der Waals surface area contributed by atoms with E-state index in [4.69, 9.17) is 9.52 Å². The highest BCUT2D eigenvalue weighted by atomic mass is 16.3. The summed E-state index contributed by atoms with van der Waals surface area (Å²) in [5, 5.41) is 14.2. The van der Waals surface area contributed by atoms with Crippen LogP contribution in [-0.2, 0) is 5.41 Å². The van der Waals surface area contributed by atoms with Crippen LogP contribution in [0.15, 0.2) is 95.9 Å². The first-order chi connectivity index (χ1) is 22.2. The quantitative estimate of drug-likeness (QED) is 0.154. The molecule has 46 heavy (non-hydrogen) atoms. The lowest BCUT2D eigenvalue weighted by atomic mass is 9.76. The van der Waals surface area contributed by atoms with Crippen molar-refractivity contribution in [2.24, 2.45) is 5.92 Å². The molecule has 236 valence electrons. The van der Waals surface area contributed by atoms with Gasteiger partial charge in [-0.25, -0.2) is 14.5 Å². The van der Waals surface area contributed by atoms with Crippen LogP contribution in [0.5, 0.6) is 0 Å². The molecule has 0 saturated carbocycles. The van der Waals surface area contributed by atoms with Crippen LogP contribution < -0.4 is 16.0 Å². The maximum atomic E-state index is 14.0. The van der Waals surface area contributed by atoms with Gasteiger partial charge in [-0.05, 0) is 68.6 Å². The minimum atomic E-state index is -0.376. The third-order valence-electron chi connectivity index (χ3n) is 8.55. The van der Waals surface area contributed by atoms with Crippen molar-refractivity contribution in [2.45, 2.75) is 51.9 Å².